The maximum absolute atomic E-state index is 11.4. The summed E-state index contributed by atoms with van der Waals surface area (Å²) in [5, 5.41) is 3.08. The molecule has 3 heteroatoms. The lowest BCUT2D eigenvalue weighted by atomic mass is 9.87. The first kappa shape index (κ1) is 15.5. The maximum Gasteiger partial charge on any atom is 0.325 e. The fourth-order valence-corrected chi connectivity index (χ4v) is 1.64. The second kappa shape index (κ2) is 7.17. The van der Waals surface area contributed by atoms with Crippen molar-refractivity contribution in [2.24, 2.45) is 0 Å². The highest BCUT2D eigenvalue weighted by molar-refractivity contribution is 5.74. The third-order valence-corrected chi connectivity index (χ3v) is 2.95. The van der Waals surface area contributed by atoms with Crippen LogP contribution in [0.4, 0.5) is 5.69 Å². The highest BCUT2D eigenvalue weighted by Crippen LogP contribution is 2.23. The zero-order chi connectivity index (χ0) is 14.3. The van der Waals surface area contributed by atoms with E-state index >= 15 is 0 Å². The van der Waals surface area contributed by atoms with Crippen molar-refractivity contribution in [1.82, 2.24) is 0 Å². The molecule has 19 heavy (non-hydrogen) atoms. The first-order chi connectivity index (χ1) is 8.93. The number of unbranched alkanes of at least 4 members (excludes halogenated alkanes) is 1. The molecule has 1 rings (SSSR count). The van der Waals surface area contributed by atoms with Gasteiger partial charge in [0.25, 0.3) is 0 Å². The molecule has 0 aliphatic carbocycles. The summed E-state index contributed by atoms with van der Waals surface area (Å²) in [5.41, 5.74) is 2.38. The van der Waals surface area contributed by atoms with Crippen LogP contribution in [-0.2, 0) is 14.9 Å². The van der Waals surface area contributed by atoms with Gasteiger partial charge in [-0.2, -0.15) is 0 Å². The molecule has 0 heterocycles. The van der Waals surface area contributed by atoms with Gasteiger partial charge in [0.05, 0.1) is 6.61 Å². The average Bonchev–Trinajstić information content (AvgIpc) is 2.36. The summed E-state index contributed by atoms with van der Waals surface area (Å²) >= 11 is 0. The molecule has 3 nitrogen and oxygen atoms in total. The topological polar surface area (TPSA) is 38.3 Å². The summed E-state index contributed by atoms with van der Waals surface area (Å²) in [5.74, 6) is -0.201. The molecule has 0 aromatic heterocycles. The smallest absolute Gasteiger partial charge is 0.325 e. The summed E-state index contributed by atoms with van der Waals surface area (Å²) in [7, 11) is 0. The van der Waals surface area contributed by atoms with Gasteiger partial charge in [-0.05, 0) is 29.5 Å². The lowest BCUT2D eigenvalue weighted by Crippen LogP contribution is -2.17. The molecule has 106 valence electrons. The summed E-state index contributed by atoms with van der Waals surface area (Å²) in [6, 6.07) is 8.18. The van der Waals surface area contributed by atoms with Crippen molar-refractivity contribution in [2.75, 3.05) is 18.5 Å². The van der Waals surface area contributed by atoms with Gasteiger partial charge < -0.3 is 10.1 Å². The third-order valence-electron chi connectivity index (χ3n) is 2.95. The molecule has 0 unspecified atom stereocenters. The molecule has 0 aliphatic heterocycles. The van der Waals surface area contributed by atoms with E-state index < -0.39 is 0 Å². The molecule has 0 saturated carbocycles. The standard InChI is InChI=1S/C16H25NO2/c1-5-6-11-19-15(18)12-17-14-9-7-13(8-10-14)16(2,3)4/h7-10,17H,5-6,11-12H2,1-4H3. The summed E-state index contributed by atoms with van der Waals surface area (Å²) < 4.78 is 5.08. The van der Waals surface area contributed by atoms with Crippen molar-refractivity contribution in [3.63, 3.8) is 0 Å². The largest absolute Gasteiger partial charge is 0.464 e. The van der Waals surface area contributed by atoms with Gasteiger partial charge in [-0.3, -0.25) is 4.79 Å². The number of carbonyl (C=O) groups excluding carboxylic acids is 1. The molecule has 0 amide bonds. The Hall–Kier alpha value is -1.51. The van der Waals surface area contributed by atoms with E-state index in [2.05, 4.69) is 45.1 Å². The Morgan fingerprint density at radius 3 is 2.37 bits per heavy atom. The number of carbonyl (C=O) groups is 1. The summed E-state index contributed by atoms with van der Waals surface area (Å²) in [4.78, 5) is 11.4. The minimum absolute atomic E-state index is 0.150. The predicted octanol–water partition coefficient (Wildman–Crippen LogP) is 3.74. The summed E-state index contributed by atoms with van der Waals surface area (Å²) in [6.45, 7) is 9.35. The average molecular weight is 263 g/mol. The van der Waals surface area contributed by atoms with E-state index in [0.29, 0.717) is 6.61 Å². The molecule has 1 aromatic rings. The van der Waals surface area contributed by atoms with Crippen LogP contribution in [-0.4, -0.2) is 19.1 Å². The number of hydrogen-bond acceptors (Lipinski definition) is 3. The molecular weight excluding hydrogens is 238 g/mol. The molecule has 0 fully saturated rings. The van der Waals surface area contributed by atoms with Crippen LogP contribution in [0.15, 0.2) is 24.3 Å². The zero-order valence-electron chi connectivity index (χ0n) is 12.5. The van der Waals surface area contributed by atoms with E-state index in [9.17, 15) is 4.79 Å². The fourth-order valence-electron chi connectivity index (χ4n) is 1.64. The number of benzene rings is 1. The van der Waals surface area contributed by atoms with Crippen molar-refractivity contribution < 1.29 is 9.53 Å². The lowest BCUT2D eigenvalue weighted by molar-refractivity contribution is -0.141. The number of ether oxygens (including phenoxy) is 1. The Morgan fingerprint density at radius 1 is 1.21 bits per heavy atom. The van der Waals surface area contributed by atoms with Crippen LogP contribution in [0.25, 0.3) is 0 Å². The van der Waals surface area contributed by atoms with Crippen LogP contribution in [0.5, 0.6) is 0 Å². The Morgan fingerprint density at radius 2 is 1.84 bits per heavy atom. The van der Waals surface area contributed by atoms with Crippen LogP contribution >= 0.6 is 0 Å². The number of nitrogens with one attached hydrogen (secondary N) is 1. The van der Waals surface area contributed by atoms with Crippen molar-refractivity contribution in [2.45, 2.75) is 46.0 Å². The quantitative estimate of drug-likeness (QED) is 0.627. The number of esters is 1. The second-order valence-electron chi connectivity index (χ2n) is 5.75. The van der Waals surface area contributed by atoms with Crippen LogP contribution in [0.3, 0.4) is 0 Å². The Bertz CT molecular complexity index is 390. The van der Waals surface area contributed by atoms with Gasteiger partial charge in [0.15, 0.2) is 0 Å². The van der Waals surface area contributed by atoms with Crippen LogP contribution in [0, 0.1) is 0 Å². The molecule has 0 bridgehead atoms. The van der Waals surface area contributed by atoms with Gasteiger partial charge in [0.1, 0.15) is 6.54 Å². The molecule has 0 saturated heterocycles. The number of rotatable bonds is 6. The SMILES string of the molecule is CCCCOC(=O)CNc1ccc(C(C)(C)C)cc1. The second-order valence-corrected chi connectivity index (χ2v) is 5.75. The van der Waals surface area contributed by atoms with Gasteiger partial charge in [0, 0.05) is 5.69 Å². The first-order valence-corrected chi connectivity index (χ1v) is 6.93. The molecule has 0 spiro atoms. The number of anilines is 1. The first-order valence-electron chi connectivity index (χ1n) is 6.93. The fraction of sp³-hybridized carbons (Fsp3) is 0.562. The van der Waals surface area contributed by atoms with Crippen LogP contribution < -0.4 is 5.32 Å². The minimum Gasteiger partial charge on any atom is -0.464 e. The zero-order valence-corrected chi connectivity index (χ0v) is 12.5. The van der Waals surface area contributed by atoms with Gasteiger partial charge in [-0.1, -0.05) is 46.2 Å². The molecule has 0 aliphatic rings. The predicted molar refractivity (Wildman–Crippen MR) is 79.5 cm³/mol. The monoisotopic (exact) mass is 263 g/mol. The van der Waals surface area contributed by atoms with Gasteiger partial charge in [-0.15, -0.1) is 0 Å². The molecule has 0 radical (unpaired) electrons. The van der Waals surface area contributed by atoms with Crippen molar-refractivity contribution in [3.8, 4) is 0 Å². The van der Waals surface area contributed by atoms with Crippen LogP contribution in [0.1, 0.15) is 46.1 Å². The Labute approximate surface area is 116 Å². The third kappa shape index (κ3) is 5.77. The van der Waals surface area contributed by atoms with Crippen molar-refractivity contribution >= 4 is 11.7 Å². The van der Waals surface area contributed by atoms with E-state index in [1.165, 1.54) is 5.56 Å². The highest BCUT2D eigenvalue weighted by Gasteiger charge is 2.12. The van der Waals surface area contributed by atoms with E-state index in [0.717, 1.165) is 18.5 Å². The van der Waals surface area contributed by atoms with Gasteiger partial charge in [0.2, 0.25) is 0 Å². The van der Waals surface area contributed by atoms with E-state index in [1.807, 2.05) is 12.1 Å². The van der Waals surface area contributed by atoms with Crippen molar-refractivity contribution in [1.29, 1.82) is 0 Å². The Kier molecular flexibility index (Phi) is 5.87. The number of hydrogen-bond donors (Lipinski definition) is 1. The van der Waals surface area contributed by atoms with E-state index in [-0.39, 0.29) is 17.9 Å². The molecule has 0 atom stereocenters. The van der Waals surface area contributed by atoms with Crippen LogP contribution in [0.2, 0.25) is 0 Å². The van der Waals surface area contributed by atoms with Gasteiger partial charge >= 0.3 is 5.97 Å². The molecule has 1 N–H and O–H groups in total. The molecule has 1 aromatic carbocycles. The molecular formula is C16H25NO2. The van der Waals surface area contributed by atoms with E-state index in [4.69, 9.17) is 4.74 Å². The lowest BCUT2D eigenvalue weighted by Gasteiger charge is -2.19. The minimum atomic E-state index is -0.201. The van der Waals surface area contributed by atoms with Crippen molar-refractivity contribution in [3.05, 3.63) is 29.8 Å². The Balaban J connectivity index is 2.40. The summed E-state index contributed by atoms with van der Waals surface area (Å²) in [6.07, 6.45) is 1.96. The van der Waals surface area contributed by atoms with E-state index in [1.54, 1.807) is 0 Å². The highest BCUT2D eigenvalue weighted by atomic mass is 16.5. The van der Waals surface area contributed by atoms with Gasteiger partial charge in [-0.25, -0.2) is 0 Å². The maximum atomic E-state index is 11.4. The normalized spacial score (nSPS) is 11.2.